The minimum atomic E-state index is -0.855. The van der Waals surface area contributed by atoms with E-state index in [1.807, 2.05) is 19.9 Å². The lowest BCUT2D eigenvalue weighted by molar-refractivity contribution is 0.0696. The number of terminal acetylenes is 1. The van der Waals surface area contributed by atoms with Crippen LogP contribution in [0, 0.1) is 156 Å². The number of hydrogen-bond donors (Lipinski definition) is 1. The van der Waals surface area contributed by atoms with Crippen LogP contribution in [0.1, 0.15) is 28.4 Å². The number of carboxylic acids is 1. The van der Waals surface area contributed by atoms with E-state index >= 15 is 0 Å². The smallest absolute Gasteiger partial charge is 0.335 e. The molecule has 0 aliphatic rings. The lowest BCUT2D eigenvalue weighted by atomic mass is 10.0. The first-order chi connectivity index (χ1) is 17.5. The molecule has 2 heteroatoms. The van der Waals surface area contributed by atoms with Crippen LogP contribution in [0.4, 0.5) is 0 Å². The van der Waals surface area contributed by atoms with Crippen LogP contribution in [0.5, 0.6) is 0 Å². The van der Waals surface area contributed by atoms with Crippen molar-refractivity contribution in [2.24, 2.45) is 0 Å². The predicted molar refractivity (Wildman–Crippen MR) is 143 cm³/mol. The zero-order valence-corrected chi connectivity index (χ0v) is 19.7. The Morgan fingerprint density at radius 2 is 0.944 bits per heavy atom. The van der Waals surface area contributed by atoms with Gasteiger partial charge in [0.05, 0.1) is 5.56 Å². The van der Waals surface area contributed by atoms with E-state index in [0.717, 1.165) is 11.1 Å². The summed E-state index contributed by atoms with van der Waals surface area (Å²) in [6.45, 7) is 5.42. The van der Waals surface area contributed by atoms with Crippen molar-refractivity contribution in [3.63, 3.8) is 0 Å². The van der Waals surface area contributed by atoms with E-state index in [2.05, 4.69) is 136 Å². The van der Waals surface area contributed by atoms with E-state index in [0.29, 0.717) is 5.56 Å². The molecule has 1 aromatic rings. The second-order valence-electron chi connectivity index (χ2n) is 5.57. The van der Waals surface area contributed by atoms with Gasteiger partial charge in [0.2, 0.25) is 0 Å². The van der Waals surface area contributed by atoms with Crippen molar-refractivity contribution in [3.05, 3.63) is 34.9 Å². The molecule has 0 saturated heterocycles. The quantitative estimate of drug-likeness (QED) is 0.663. The third-order valence-corrected chi connectivity index (χ3v) is 3.28. The molecule has 0 aromatic heterocycles. The molecule has 0 amide bonds. The van der Waals surface area contributed by atoms with Crippen molar-refractivity contribution in [1.82, 2.24) is 0 Å². The zero-order chi connectivity index (χ0) is 26.7. The maximum absolute atomic E-state index is 10.6. The summed E-state index contributed by atoms with van der Waals surface area (Å²) < 4.78 is 0. The number of benzene rings is 1. The number of rotatable bonds is 1. The molecule has 2 nitrogen and oxygen atoms in total. The van der Waals surface area contributed by atoms with Crippen LogP contribution >= 0.6 is 0 Å². The summed E-state index contributed by atoms with van der Waals surface area (Å²) in [5.74, 6) is 56.0. The van der Waals surface area contributed by atoms with Crippen molar-refractivity contribution in [2.75, 3.05) is 0 Å². The summed E-state index contributed by atoms with van der Waals surface area (Å²) in [7, 11) is 0. The van der Waals surface area contributed by atoms with Gasteiger partial charge in [0.15, 0.2) is 0 Å². The highest BCUT2D eigenvalue weighted by atomic mass is 16.4. The average molecular weight is 454 g/mol. The molecule has 1 rings (SSSR count). The monoisotopic (exact) mass is 454 g/mol. The Morgan fingerprint density at radius 1 is 0.611 bits per heavy atom. The lowest BCUT2D eigenvalue weighted by Crippen LogP contribution is -2.00. The predicted octanol–water partition coefficient (Wildman–Crippen LogP) is 2.68. The van der Waals surface area contributed by atoms with Gasteiger partial charge < -0.3 is 5.11 Å². The molecule has 0 heterocycles. The second kappa shape index (κ2) is 21.6. The van der Waals surface area contributed by atoms with Crippen molar-refractivity contribution >= 4 is 5.97 Å². The molecule has 162 valence electrons. The van der Waals surface area contributed by atoms with E-state index < -0.39 is 5.97 Å². The van der Waals surface area contributed by atoms with Crippen LogP contribution in [-0.4, -0.2) is 11.1 Å². The fraction of sp³-hybridized carbons (Fsp3) is 0.0882. The highest BCUT2D eigenvalue weighted by molar-refractivity contribution is 5.89. The zero-order valence-electron chi connectivity index (χ0n) is 19.7. The van der Waals surface area contributed by atoms with Crippen molar-refractivity contribution in [2.45, 2.75) is 20.8 Å². The minimum Gasteiger partial charge on any atom is -0.478 e. The van der Waals surface area contributed by atoms with Crippen LogP contribution < -0.4 is 0 Å². The average Bonchev–Trinajstić information content (AvgIpc) is 2.87. The Bertz CT molecular complexity index is 1750. The summed E-state index contributed by atoms with van der Waals surface area (Å²) in [6.07, 6.45) is 4.91. The third-order valence-electron chi connectivity index (χ3n) is 3.28. The summed E-state index contributed by atoms with van der Waals surface area (Å²) in [5.41, 5.74) is 2.26. The van der Waals surface area contributed by atoms with Gasteiger partial charge in [-0.1, -0.05) is 18.1 Å². The molecule has 0 atom stereocenters. The Morgan fingerprint density at radius 3 is 1.22 bits per heavy atom. The van der Waals surface area contributed by atoms with Gasteiger partial charge in [-0.05, 0) is 133 Å². The Labute approximate surface area is 214 Å². The number of carboxylic acid groups (broad SMARTS) is 1. The molecular formula is C34H14O2. The topological polar surface area (TPSA) is 37.3 Å². The summed E-state index contributed by atoms with van der Waals surface area (Å²) in [4.78, 5) is 10.6. The van der Waals surface area contributed by atoms with E-state index in [1.165, 1.54) is 0 Å². The molecular weight excluding hydrogens is 440 g/mol. The van der Waals surface area contributed by atoms with Crippen molar-refractivity contribution < 1.29 is 9.90 Å². The molecule has 0 saturated carbocycles. The van der Waals surface area contributed by atoms with E-state index in [9.17, 15) is 4.79 Å². The summed E-state index contributed by atoms with van der Waals surface area (Å²) in [6, 6.07) is 5.28. The molecule has 0 radical (unpaired) electrons. The minimum absolute atomic E-state index is 0.394. The molecule has 0 aliphatic heterocycles. The molecule has 1 aromatic carbocycles. The number of aryl methyl sites for hydroxylation is 1. The van der Waals surface area contributed by atoms with Gasteiger partial charge in [-0.3, -0.25) is 0 Å². The van der Waals surface area contributed by atoms with Crippen LogP contribution in [0.2, 0.25) is 0 Å². The first-order valence-electron chi connectivity index (χ1n) is 9.71. The van der Waals surface area contributed by atoms with Gasteiger partial charge in [0.1, 0.15) is 0 Å². The normalized spacial score (nSPS) is 5.61. The highest BCUT2D eigenvalue weighted by Crippen LogP contribution is 2.11. The van der Waals surface area contributed by atoms with E-state index in [1.54, 1.807) is 19.1 Å². The Kier molecular flexibility index (Phi) is 17.7. The van der Waals surface area contributed by atoms with Gasteiger partial charge in [-0.25, -0.2) is 4.79 Å². The lowest BCUT2D eigenvalue weighted by Gasteiger charge is -2.02. The molecule has 0 unspecified atom stereocenters. The molecule has 1 N–H and O–H groups in total. The summed E-state index contributed by atoms with van der Waals surface area (Å²) in [5, 5.41) is 8.69. The first-order valence-corrected chi connectivity index (χ1v) is 9.71. The maximum atomic E-state index is 10.6. The first kappa shape index (κ1) is 29.4. The molecule has 0 fully saturated rings. The molecule has 0 bridgehead atoms. The Hall–Kier alpha value is -6.59. The largest absolute Gasteiger partial charge is 0.478 e. The molecule has 36 heavy (non-hydrogen) atoms. The number of hydrogen-bond acceptors (Lipinski definition) is 1. The molecule has 0 aliphatic carbocycles. The number of aromatic carboxylic acids is 1. The van der Waals surface area contributed by atoms with Crippen molar-refractivity contribution in [3.8, 4) is 143 Å². The van der Waals surface area contributed by atoms with Gasteiger partial charge in [-0.15, -0.1) is 6.42 Å². The van der Waals surface area contributed by atoms with Gasteiger partial charge in [0.25, 0.3) is 0 Å². The molecule has 0 spiro atoms. The van der Waals surface area contributed by atoms with Crippen molar-refractivity contribution in [1.29, 1.82) is 0 Å². The van der Waals surface area contributed by atoms with Crippen LogP contribution in [0.25, 0.3) is 0 Å². The highest BCUT2D eigenvalue weighted by Gasteiger charge is 2.06. The second-order valence-corrected chi connectivity index (χ2v) is 5.57. The van der Waals surface area contributed by atoms with Crippen LogP contribution in [-0.2, 0) is 0 Å². The van der Waals surface area contributed by atoms with Crippen LogP contribution in [0.15, 0.2) is 18.2 Å². The SMILES string of the molecule is C#CC#CC#CC#CC#CC#CC#CC#CC#CC#CC#CC#CC.Cc1cccc(C(=O)O)c1C. The van der Waals surface area contributed by atoms with Crippen LogP contribution in [0.3, 0.4) is 0 Å². The third kappa shape index (κ3) is 17.1. The van der Waals surface area contributed by atoms with E-state index in [-0.39, 0.29) is 0 Å². The van der Waals surface area contributed by atoms with Gasteiger partial charge in [-0.2, -0.15) is 0 Å². The standard InChI is InChI=1S/C25H4.C9H10O2/c1-3-5-7-9-11-13-15-17-19-21-23-25-24-22-20-18-16-14-12-10-8-6-4-2;1-6-4-3-5-8(7(6)2)9(10)11/h1H,2H3;3-5H,1-2H3,(H,10,11). The van der Waals surface area contributed by atoms with Gasteiger partial charge in [0, 0.05) is 35.5 Å². The fourth-order valence-electron chi connectivity index (χ4n) is 1.68. The Balaban J connectivity index is 0.000000918. The fourth-order valence-corrected chi connectivity index (χ4v) is 1.68. The number of carbonyl (C=O) groups is 1. The maximum Gasteiger partial charge on any atom is 0.335 e. The van der Waals surface area contributed by atoms with E-state index in [4.69, 9.17) is 11.5 Å². The summed E-state index contributed by atoms with van der Waals surface area (Å²) >= 11 is 0. The van der Waals surface area contributed by atoms with Gasteiger partial charge >= 0.3 is 5.97 Å².